The number of allylic oxidation sites excluding steroid dienone is 2. The minimum absolute atomic E-state index is 0.106. The molecule has 2 heterocycles. The number of carbonyl (C=O) groups is 2. The second-order valence-electron chi connectivity index (χ2n) is 8.77. The van der Waals surface area contributed by atoms with Crippen LogP contribution in [0.4, 0.5) is 11.4 Å². The summed E-state index contributed by atoms with van der Waals surface area (Å²) in [6.07, 6.45) is 9.97. The number of nitrogens with zero attached hydrogens (tertiary/aromatic N) is 2. The third-order valence-corrected chi connectivity index (χ3v) is 6.33. The van der Waals surface area contributed by atoms with E-state index in [1.165, 1.54) is 11.1 Å². The molecule has 2 N–H and O–H groups in total. The van der Waals surface area contributed by atoms with Gasteiger partial charge in [-0.2, -0.15) is 0 Å². The van der Waals surface area contributed by atoms with Crippen molar-refractivity contribution < 1.29 is 9.59 Å². The fraction of sp³-hybridized carbons (Fsp3) is 0.250. The zero-order valence-corrected chi connectivity index (χ0v) is 19.7. The quantitative estimate of drug-likeness (QED) is 0.300. The van der Waals surface area contributed by atoms with E-state index in [9.17, 15) is 9.59 Å². The summed E-state index contributed by atoms with van der Waals surface area (Å²) in [6, 6.07) is 14.3. The number of nitrogens with one attached hydrogen (secondary N) is 2. The molecule has 5 rings (SSSR count). The van der Waals surface area contributed by atoms with E-state index >= 15 is 0 Å². The van der Waals surface area contributed by atoms with Crippen LogP contribution in [0.5, 0.6) is 0 Å². The molecule has 0 saturated carbocycles. The van der Waals surface area contributed by atoms with E-state index in [-0.39, 0.29) is 5.91 Å². The Kier molecular flexibility index (Phi) is 6.77. The van der Waals surface area contributed by atoms with Crippen molar-refractivity contribution in [1.82, 2.24) is 4.90 Å². The highest BCUT2D eigenvalue weighted by Gasteiger charge is 2.50. The predicted octanol–water partition coefficient (Wildman–Crippen LogP) is 4.61. The Morgan fingerprint density at radius 1 is 1.15 bits per heavy atom. The molecule has 1 spiro atoms. The Balaban J connectivity index is 0.000000336. The monoisotopic (exact) mass is 454 g/mol. The number of para-hydroxylation sites is 1. The highest BCUT2D eigenvalue weighted by atomic mass is 16.2. The number of hydrogen-bond donors (Lipinski definition) is 2. The van der Waals surface area contributed by atoms with Crippen LogP contribution in [-0.4, -0.2) is 36.5 Å². The predicted molar refractivity (Wildman–Crippen MR) is 138 cm³/mol. The van der Waals surface area contributed by atoms with E-state index < -0.39 is 5.41 Å². The van der Waals surface area contributed by atoms with Crippen LogP contribution in [0.15, 0.2) is 83.7 Å². The third kappa shape index (κ3) is 4.71. The fourth-order valence-electron chi connectivity index (χ4n) is 4.77. The lowest BCUT2D eigenvalue weighted by atomic mass is 9.79. The molecule has 0 fully saturated rings. The van der Waals surface area contributed by atoms with Crippen LogP contribution in [0.1, 0.15) is 30.5 Å². The molecule has 1 aliphatic carbocycles. The molecular weight excluding hydrogens is 424 g/mol. The minimum atomic E-state index is -0.471. The number of aliphatic imine (C=N–C) groups is 1. The van der Waals surface area contributed by atoms with E-state index in [4.69, 9.17) is 0 Å². The van der Waals surface area contributed by atoms with E-state index in [1.54, 1.807) is 11.1 Å². The number of fused-ring (bicyclic) bond motifs is 3. The molecule has 1 unspecified atom stereocenters. The van der Waals surface area contributed by atoms with Crippen LogP contribution in [-0.2, 0) is 27.8 Å². The summed E-state index contributed by atoms with van der Waals surface area (Å²) in [7, 11) is 0. The van der Waals surface area contributed by atoms with Crippen molar-refractivity contribution in [2.45, 2.75) is 32.1 Å². The molecule has 2 aromatic rings. The number of carbonyl (C=O) groups excluding carboxylic acids is 2. The molecule has 0 aromatic heterocycles. The van der Waals surface area contributed by atoms with Gasteiger partial charge in [-0.25, -0.2) is 0 Å². The van der Waals surface area contributed by atoms with Gasteiger partial charge < -0.3 is 15.5 Å². The molecule has 0 saturated heterocycles. The Labute approximate surface area is 200 Å². The standard InChI is InChI=1S/C23H23N3O.C5H7NO/c1-4-24-15(2)11-16(3)25-19-10-9-17-13-23(14-18(17)12-19)20-7-5-6-8-21(20)26-22(23)27;7-5-6-3-1-2-4-6/h4-12,25H,3,13-14H2,1-2H3,(H,26,27);1-2,5H,3-4H2/b15-11-,24-4?;. The average Bonchev–Trinajstić information content (AvgIpc) is 3.53. The Morgan fingerprint density at radius 3 is 2.59 bits per heavy atom. The van der Waals surface area contributed by atoms with E-state index in [0.717, 1.165) is 60.7 Å². The van der Waals surface area contributed by atoms with Crippen molar-refractivity contribution in [3.8, 4) is 0 Å². The molecule has 3 aliphatic rings. The third-order valence-electron chi connectivity index (χ3n) is 6.33. The van der Waals surface area contributed by atoms with Gasteiger partial charge in [0.15, 0.2) is 0 Å². The second kappa shape index (κ2) is 9.91. The SMILES string of the molecule is C=C(/C=C(/C)N=CC)Nc1ccc2c(c1)CC1(C2)C(=O)Nc2ccccc21.O=CN1CC=CC1. The van der Waals surface area contributed by atoms with E-state index in [0.29, 0.717) is 0 Å². The smallest absolute Gasteiger partial charge is 0.235 e. The van der Waals surface area contributed by atoms with Gasteiger partial charge in [-0.1, -0.05) is 43.0 Å². The first-order valence-corrected chi connectivity index (χ1v) is 11.4. The van der Waals surface area contributed by atoms with Gasteiger partial charge >= 0.3 is 0 Å². The van der Waals surface area contributed by atoms with Crippen molar-refractivity contribution in [3.63, 3.8) is 0 Å². The van der Waals surface area contributed by atoms with Crippen LogP contribution >= 0.6 is 0 Å². The molecule has 0 radical (unpaired) electrons. The van der Waals surface area contributed by atoms with Crippen molar-refractivity contribution in [1.29, 1.82) is 0 Å². The molecule has 6 heteroatoms. The molecule has 0 bridgehead atoms. The summed E-state index contributed by atoms with van der Waals surface area (Å²) in [6.45, 7) is 9.47. The highest BCUT2D eigenvalue weighted by molar-refractivity contribution is 6.07. The summed E-state index contributed by atoms with van der Waals surface area (Å²) in [5.41, 5.74) is 6.70. The van der Waals surface area contributed by atoms with Gasteiger partial charge in [-0.05, 0) is 67.7 Å². The lowest BCUT2D eigenvalue weighted by molar-refractivity contribution is -0.120. The Hall–Kier alpha value is -3.93. The number of benzene rings is 2. The summed E-state index contributed by atoms with van der Waals surface area (Å²) >= 11 is 0. The minimum Gasteiger partial charge on any atom is -0.356 e. The van der Waals surface area contributed by atoms with Gasteiger partial charge in [0.1, 0.15) is 0 Å². The summed E-state index contributed by atoms with van der Waals surface area (Å²) < 4.78 is 0. The maximum Gasteiger partial charge on any atom is 0.235 e. The number of anilines is 2. The summed E-state index contributed by atoms with van der Waals surface area (Å²) in [5.74, 6) is 0.106. The zero-order chi connectivity index (χ0) is 24.1. The van der Waals surface area contributed by atoms with E-state index in [1.807, 2.05) is 56.3 Å². The summed E-state index contributed by atoms with van der Waals surface area (Å²) in [4.78, 5) is 28.6. The molecule has 2 aliphatic heterocycles. The van der Waals surface area contributed by atoms with Crippen LogP contribution in [0.3, 0.4) is 0 Å². The highest BCUT2D eigenvalue weighted by Crippen LogP contribution is 2.47. The van der Waals surface area contributed by atoms with Crippen LogP contribution in [0, 0.1) is 0 Å². The lowest BCUT2D eigenvalue weighted by Crippen LogP contribution is -2.35. The first-order chi connectivity index (χ1) is 16.4. The molecule has 6 nitrogen and oxygen atoms in total. The van der Waals surface area contributed by atoms with Crippen LogP contribution < -0.4 is 10.6 Å². The summed E-state index contributed by atoms with van der Waals surface area (Å²) in [5, 5.41) is 6.38. The normalized spacial score (nSPS) is 20.1. The van der Waals surface area contributed by atoms with Gasteiger partial charge in [0, 0.05) is 42.1 Å². The lowest BCUT2D eigenvalue weighted by Gasteiger charge is -2.20. The number of amides is 2. The van der Waals surface area contributed by atoms with E-state index in [2.05, 4.69) is 40.4 Å². The molecule has 174 valence electrons. The van der Waals surface area contributed by atoms with Crippen LogP contribution in [0.2, 0.25) is 0 Å². The van der Waals surface area contributed by atoms with Crippen molar-refractivity contribution in [2.24, 2.45) is 4.99 Å². The fourth-order valence-corrected chi connectivity index (χ4v) is 4.77. The Bertz CT molecular complexity index is 1200. The molecule has 2 aromatic carbocycles. The van der Waals surface area contributed by atoms with Crippen molar-refractivity contribution in [3.05, 3.63) is 95.4 Å². The van der Waals surface area contributed by atoms with Gasteiger partial charge in [-0.15, -0.1) is 0 Å². The topological polar surface area (TPSA) is 73.8 Å². The number of hydrogen-bond acceptors (Lipinski definition) is 4. The molecular formula is C28H30N4O2. The zero-order valence-electron chi connectivity index (χ0n) is 19.7. The van der Waals surface area contributed by atoms with Gasteiger partial charge in [-0.3, -0.25) is 14.6 Å². The number of rotatable bonds is 5. The maximum absolute atomic E-state index is 12.8. The molecule has 1 atom stereocenters. The second-order valence-corrected chi connectivity index (χ2v) is 8.77. The molecule has 2 amide bonds. The van der Waals surface area contributed by atoms with Crippen LogP contribution in [0.25, 0.3) is 0 Å². The van der Waals surface area contributed by atoms with Gasteiger partial charge in [0.05, 0.1) is 5.41 Å². The first kappa shape index (κ1) is 23.2. The van der Waals surface area contributed by atoms with Crippen molar-refractivity contribution >= 4 is 29.9 Å². The van der Waals surface area contributed by atoms with Gasteiger partial charge in [0.25, 0.3) is 0 Å². The van der Waals surface area contributed by atoms with Crippen molar-refractivity contribution in [2.75, 3.05) is 23.7 Å². The largest absolute Gasteiger partial charge is 0.356 e. The Morgan fingerprint density at radius 2 is 1.88 bits per heavy atom. The first-order valence-electron chi connectivity index (χ1n) is 11.4. The maximum atomic E-state index is 12.8. The average molecular weight is 455 g/mol. The van der Waals surface area contributed by atoms with Gasteiger partial charge in [0.2, 0.25) is 12.3 Å². The molecule has 34 heavy (non-hydrogen) atoms.